The van der Waals surface area contributed by atoms with Gasteiger partial charge in [-0.15, -0.1) is 0 Å². The maximum Gasteiger partial charge on any atom is 0.325 e. The molecule has 1 aliphatic carbocycles. The van der Waals surface area contributed by atoms with Crippen LogP contribution >= 0.6 is 0 Å². The van der Waals surface area contributed by atoms with E-state index in [1.807, 2.05) is 18.6 Å². The number of amides is 3. The van der Waals surface area contributed by atoms with E-state index < -0.39 is 11.4 Å². The molecule has 1 aromatic rings. The minimum Gasteiger partial charge on any atom is -0.368 e. The number of urea groups is 1. The molecule has 4 aliphatic rings. The van der Waals surface area contributed by atoms with Crippen LogP contribution < -0.4 is 10.6 Å². The highest BCUT2D eigenvalue weighted by atomic mass is 16.2. The van der Waals surface area contributed by atoms with E-state index in [4.69, 9.17) is 5.73 Å². The number of anilines is 1. The van der Waals surface area contributed by atoms with E-state index in [-0.39, 0.29) is 6.03 Å². The molecule has 4 fully saturated rings. The van der Waals surface area contributed by atoms with E-state index in [2.05, 4.69) is 17.0 Å². The zero-order valence-electron chi connectivity index (χ0n) is 15.7. The number of likely N-dealkylation sites (tertiary alicyclic amines) is 1. The van der Waals surface area contributed by atoms with Gasteiger partial charge in [0.05, 0.1) is 6.54 Å². The summed E-state index contributed by atoms with van der Waals surface area (Å²) < 4.78 is 0. The lowest BCUT2D eigenvalue weighted by atomic mass is 9.94. The van der Waals surface area contributed by atoms with Gasteiger partial charge in [0.1, 0.15) is 5.54 Å². The third kappa shape index (κ3) is 2.57. The maximum absolute atomic E-state index is 12.8. The standard InChI is InChI=1S/C21H27N4O2/c22-18(26)21-8-3-13-25(21)19(27)24(15-21)17-6-4-16(5-7-17)20(9-10-20)14-23-11-1-2-12-23/h4-8H,1-3,9-15H2,(H2,22,26)/t21-/m1/s1. The third-order valence-corrected chi connectivity index (χ3v) is 6.97. The number of carbonyl (C=O) groups excluding carboxylic acids is 2. The lowest BCUT2D eigenvalue weighted by Gasteiger charge is -2.25. The molecule has 1 radical (unpaired) electrons. The predicted octanol–water partition coefficient (Wildman–Crippen LogP) is 1.89. The summed E-state index contributed by atoms with van der Waals surface area (Å²) in [5, 5.41) is 0. The number of benzene rings is 1. The van der Waals surface area contributed by atoms with Crippen molar-refractivity contribution in [2.75, 3.05) is 37.6 Å². The van der Waals surface area contributed by atoms with Crippen LogP contribution in [0.2, 0.25) is 0 Å². The van der Waals surface area contributed by atoms with Gasteiger partial charge in [-0.05, 0) is 62.9 Å². The molecular formula is C21H27N4O2. The van der Waals surface area contributed by atoms with Crippen LogP contribution in [0, 0.1) is 6.42 Å². The van der Waals surface area contributed by atoms with Crippen LogP contribution in [0.1, 0.15) is 37.7 Å². The van der Waals surface area contributed by atoms with Gasteiger partial charge in [0, 0.05) is 30.6 Å². The summed E-state index contributed by atoms with van der Waals surface area (Å²) in [7, 11) is 0. The monoisotopic (exact) mass is 367 g/mol. The van der Waals surface area contributed by atoms with E-state index in [0.717, 1.165) is 18.7 Å². The van der Waals surface area contributed by atoms with Crippen molar-refractivity contribution in [3.63, 3.8) is 0 Å². The topological polar surface area (TPSA) is 69.9 Å². The van der Waals surface area contributed by atoms with Crippen molar-refractivity contribution in [2.24, 2.45) is 5.73 Å². The van der Waals surface area contributed by atoms with Gasteiger partial charge >= 0.3 is 6.03 Å². The summed E-state index contributed by atoms with van der Waals surface area (Å²) in [6, 6.07) is 8.31. The molecule has 3 amide bonds. The van der Waals surface area contributed by atoms with Crippen LogP contribution in [0.15, 0.2) is 24.3 Å². The van der Waals surface area contributed by atoms with Crippen molar-refractivity contribution in [1.29, 1.82) is 0 Å². The molecule has 3 aliphatic heterocycles. The van der Waals surface area contributed by atoms with Gasteiger partial charge in [-0.2, -0.15) is 0 Å². The molecule has 143 valence electrons. The second-order valence-electron chi connectivity index (χ2n) is 8.61. The fourth-order valence-electron chi connectivity index (χ4n) is 5.18. The average molecular weight is 367 g/mol. The van der Waals surface area contributed by atoms with Gasteiger partial charge in [0.2, 0.25) is 5.91 Å². The third-order valence-electron chi connectivity index (χ3n) is 6.97. The van der Waals surface area contributed by atoms with Crippen LogP contribution in [-0.4, -0.2) is 60.0 Å². The van der Waals surface area contributed by atoms with E-state index >= 15 is 0 Å². The molecule has 6 nitrogen and oxygen atoms in total. The van der Waals surface area contributed by atoms with E-state index in [0.29, 0.717) is 18.5 Å². The molecule has 1 aromatic carbocycles. The molecule has 0 unspecified atom stereocenters. The number of nitrogens with zero attached hydrogens (tertiary/aromatic N) is 3. The number of nitrogens with two attached hydrogens (primary N) is 1. The molecule has 0 spiro atoms. The highest BCUT2D eigenvalue weighted by Gasteiger charge is 2.57. The van der Waals surface area contributed by atoms with E-state index in [9.17, 15) is 9.59 Å². The molecule has 2 N–H and O–H groups in total. The average Bonchev–Trinajstić information content (AvgIpc) is 3.01. The molecule has 3 saturated heterocycles. The smallest absolute Gasteiger partial charge is 0.325 e. The summed E-state index contributed by atoms with van der Waals surface area (Å²) >= 11 is 0. The van der Waals surface area contributed by atoms with E-state index in [1.54, 1.807) is 9.80 Å². The Kier molecular flexibility index (Phi) is 3.76. The van der Waals surface area contributed by atoms with Crippen molar-refractivity contribution < 1.29 is 9.59 Å². The first-order chi connectivity index (χ1) is 13.0. The predicted molar refractivity (Wildman–Crippen MR) is 103 cm³/mol. The number of rotatable bonds is 5. The first-order valence-corrected chi connectivity index (χ1v) is 10.1. The van der Waals surface area contributed by atoms with Gasteiger partial charge in [-0.1, -0.05) is 12.1 Å². The van der Waals surface area contributed by atoms with Crippen LogP contribution in [-0.2, 0) is 10.2 Å². The quantitative estimate of drug-likeness (QED) is 0.864. The lowest BCUT2D eigenvalue weighted by Crippen LogP contribution is -2.53. The number of hydrogen-bond acceptors (Lipinski definition) is 3. The van der Waals surface area contributed by atoms with Crippen LogP contribution in [0.3, 0.4) is 0 Å². The Balaban J connectivity index is 1.35. The van der Waals surface area contributed by atoms with Crippen molar-refractivity contribution in [3.8, 4) is 0 Å². The second-order valence-corrected chi connectivity index (χ2v) is 8.61. The summed E-state index contributed by atoms with van der Waals surface area (Å²) in [5.74, 6) is -0.435. The highest BCUT2D eigenvalue weighted by molar-refractivity contribution is 6.04. The Morgan fingerprint density at radius 3 is 2.37 bits per heavy atom. The lowest BCUT2D eigenvalue weighted by molar-refractivity contribution is -0.124. The Morgan fingerprint density at radius 2 is 1.78 bits per heavy atom. The Bertz CT molecular complexity index is 767. The van der Waals surface area contributed by atoms with Crippen molar-refractivity contribution in [1.82, 2.24) is 9.80 Å². The molecule has 1 saturated carbocycles. The van der Waals surface area contributed by atoms with Gasteiger partial charge in [-0.25, -0.2) is 4.79 Å². The molecule has 0 bridgehead atoms. The van der Waals surface area contributed by atoms with Crippen molar-refractivity contribution in [3.05, 3.63) is 36.2 Å². The van der Waals surface area contributed by atoms with Crippen molar-refractivity contribution >= 4 is 17.6 Å². The van der Waals surface area contributed by atoms with Crippen LogP contribution in [0.4, 0.5) is 10.5 Å². The zero-order valence-corrected chi connectivity index (χ0v) is 15.7. The number of primary amides is 1. The Hall–Kier alpha value is -2.08. The van der Waals surface area contributed by atoms with Gasteiger partial charge in [0.25, 0.3) is 0 Å². The molecule has 5 rings (SSSR count). The largest absolute Gasteiger partial charge is 0.368 e. The van der Waals surface area contributed by atoms with Gasteiger partial charge in [-0.3, -0.25) is 9.69 Å². The van der Waals surface area contributed by atoms with Crippen LogP contribution in [0.25, 0.3) is 0 Å². The fraction of sp³-hybridized carbons (Fsp3) is 0.571. The Morgan fingerprint density at radius 1 is 1.07 bits per heavy atom. The fourth-order valence-corrected chi connectivity index (χ4v) is 5.18. The first kappa shape index (κ1) is 17.0. The zero-order chi connectivity index (χ0) is 18.6. The number of carbonyl (C=O) groups is 2. The molecule has 6 heteroatoms. The van der Waals surface area contributed by atoms with Gasteiger partial charge in [0.15, 0.2) is 0 Å². The molecule has 27 heavy (non-hydrogen) atoms. The normalized spacial score (nSPS) is 29.4. The Labute approximate surface area is 160 Å². The number of fused-ring (bicyclic) bond motifs is 1. The summed E-state index contributed by atoms with van der Waals surface area (Å²) in [6.07, 6.45) is 7.76. The second kappa shape index (κ2) is 5.96. The first-order valence-electron chi connectivity index (χ1n) is 10.1. The van der Waals surface area contributed by atoms with Crippen molar-refractivity contribution in [2.45, 2.75) is 43.1 Å². The summed E-state index contributed by atoms with van der Waals surface area (Å²) in [6.45, 7) is 4.49. The van der Waals surface area contributed by atoms with Crippen LogP contribution in [0.5, 0.6) is 0 Å². The molecule has 1 atom stereocenters. The molecule has 0 aromatic heterocycles. The summed E-state index contributed by atoms with van der Waals surface area (Å²) in [5.41, 5.74) is 7.24. The van der Waals surface area contributed by atoms with E-state index in [1.165, 1.54) is 44.3 Å². The van der Waals surface area contributed by atoms with Gasteiger partial charge < -0.3 is 15.5 Å². The minimum atomic E-state index is -0.941. The summed E-state index contributed by atoms with van der Waals surface area (Å²) in [4.78, 5) is 30.8. The highest BCUT2D eigenvalue weighted by Crippen LogP contribution is 2.49. The maximum atomic E-state index is 12.8. The molecule has 3 heterocycles. The minimum absolute atomic E-state index is 0.117. The number of hydrogen-bond donors (Lipinski definition) is 1. The molecular weight excluding hydrogens is 340 g/mol. The SMILES string of the molecule is NC(=O)[C@]12[CH]CCN1C(=O)N(c1ccc(C3(CN4CCCC4)CC3)cc1)C2.